The van der Waals surface area contributed by atoms with Gasteiger partial charge in [0, 0.05) is 18.6 Å². The van der Waals surface area contributed by atoms with Gasteiger partial charge in [0.1, 0.15) is 24.2 Å². The van der Waals surface area contributed by atoms with E-state index in [1.807, 2.05) is 0 Å². The van der Waals surface area contributed by atoms with Crippen molar-refractivity contribution in [2.24, 2.45) is 0 Å². The van der Waals surface area contributed by atoms with E-state index in [1.54, 1.807) is 0 Å². The number of ether oxygens (including phenoxy) is 1. The molecule has 3 aliphatic rings. The molecule has 15 nitrogen and oxygen atoms in total. The lowest BCUT2D eigenvalue weighted by atomic mass is 10.00. The molecule has 5 heterocycles. The van der Waals surface area contributed by atoms with Gasteiger partial charge in [0.2, 0.25) is 5.28 Å². The highest BCUT2D eigenvalue weighted by Gasteiger charge is 2.46. The first-order chi connectivity index (χ1) is 16.8. The average Bonchev–Trinajstić information content (AvgIpc) is 3.38. The number of aliphatic hydroxyl groups is 3. The van der Waals surface area contributed by atoms with Crippen LogP contribution in [0.1, 0.15) is 31.9 Å². The number of halogens is 1. The molecule has 3 fully saturated rings. The second kappa shape index (κ2) is 9.51. The molecule has 36 heavy (non-hydrogen) atoms. The number of nitrogens with zero attached hydrogens (tertiary/aromatic N) is 5. The first-order valence-electron chi connectivity index (χ1n) is 11.3. The third kappa shape index (κ3) is 5.07. The monoisotopic (exact) mass is 568 g/mol. The highest BCUT2D eigenvalue weighted by molar-refractivity contribution is 7.71. The number of piperidine rings is 1. The third-order valence-corrected chi connectivity index (χ3v) is 10.7. The fourth-order valence-corrected chi connectivity index (χ4v) is 8.42. The number of imidazole rings is 1. The molecule has 5 rings (SSSR count). The molecule has 2 bridgehead atoms. The summed E-state index contributed by atoms with van der Waals surface area (Å²) in [4.78, 5) is 42.9. The summed E-state index contributed by atoms with van der Waals surface area (Å²) in [6, 6.07) is 0.150. The molecule has 7 atom stereocenters. The van der Waals surface area contributed by atoms with E-state index in [4.69, 9.17) is 26.1 Å². The molecular formula is C18H27ClN6O9P2. The largest absolute Gasteiger partial charge is 0.393 e. The van der Waals surface area contributed by atoms with Gasteiger partial charge in [-0.1, -0.05) is 0 Å². The van der Waals surface area contributed by atoms with Crippen molar-refractivity contribution >= 4 is 43.7 Å². The van der Waals surface area contributed by atoms with Crippen molar-refractivity contribution in [1.29, 1.82) is 0 Å². The van der Waals surface area contributed by atoms with Crippen LogP contribution in [-0.2, 0) is 13.9 Å². The Morgan fingerprint density at radius 3 is 2.39 bits per heavy atom. The highest BCUT2D eigenvalue weighted by atomic mass is 35.5. The van der Waals surface area contributed by atoms with Crippen LogP contribution in [0, 0.1) is 0 Å². The zero-order valence-corrected chi connectivity index (χ0v) is 21.3. The van der Waals surface area contributed by atoms with Crippen molar-refractivity contribution in [3.63, 3.8) is 0 Å². The minimum atomic E-state index is -4.77. The molecule has 0 amide bonds. The van der Waals surface area contributed by atoms with Crippen molar-refractivity contribution in [2.75, 3.05) is 17.3 Å². The summed E-state index contributed by atoms with van der Waals surface area (Å²) in [5.41, 5.74) is 0.649. The van der Waals surface area contributed by atoms with Gasteiger partial charge in [-0.15, -0.1) is 0 Å². The van der Waals surface area contributed by atoms with Crippen LogP contribution in [0.5, 0.6) is 0 Å². The Labute approximate surface area is 209 Å². The number of rotatable bonds is 7. The van der Waals surface area contributed by atoms with E-state index < -0.39 is 52.1 Å². The molecule has 18 heteroatoms. The van der Waals surface area contributed by atoms with E-state index in [1.165, 1.54) is 10.9 Å². The Morgan fingerprint density at radius 1 is 1.08 bits per heavy atom. The molecular weight excluding hydrogens is 542 g/mol. The first-order valence-corrected chi connectivity index (χ1v) is 15.3. The zero-order valence-electron chi connectivity index (χ0n) is 18.8. The van der Waals surface area contributed by atoms with Crippen LogP contribution in [0.2, 0.25) is 5.28 Å². The van der Waals surface area contributed by atoms with Crippen LogP contribution in [0.4, 0.5) is 5.82 Å². The van der Waals surface area contributed by atoms with Gasteiger partial charge in [-0.2, -0.15) is 9.97 Å². The molecule has 0 radical (unpaired) electrons. The summed E-state index contributed by atoms with van der Waals surface area (Å²) >= 11 is 6.24. The second-order valence-electron chi connectivity index (χ2n) is 9.47. The van der Waals surface area contributed by atoms with Gasteiger partial charge >= 0.3 is 7.60 Å². The van der Waals surface area contributed by atoms with Gasteiger partial charge < -0.3 is 39.6 Å². The van der Waals surface area contributed by atoms with Gasteiger partial charge in [-0.25, -0.2) is 10.1 Å². The lowest BCUT2D eigenvalue weighted by Crippen LogP contribution is -2.45. The number of nitrogens with one attached hydrogen (secondary N) is 1. The van der Waals surface area contributed by atoms with Crippen LogP contribution in [0.15, 0.2) is 6.33 Å². The maximum atomic E-state index is 12.0. The quantitative estimate of drug-likeness (QED) is 0.165. The SMILES string of the molecule is O=P(O)(O)CP(=O)(O)NCC1OC(n2cnc3c(N4C5CCC4CC(O)C5)nc(Cl)nc32)C(O)C1O. The topological polar surface area (TPSA) is 224 Å². The van der Waals surface area contributed by atoms with E-state index in [0.717, 1.165) is 12.8 Å². The van der Waals surface area contributed by atoms with E-state index >= 15 is 0 Å². The Balaban J connectivity index is 1.39. The Morgan fingerprint density at radius 2 is 1.75 bits per heavy atom. The van der Waals surface area contributed by atoms with Gasteiger partial charge in [-0.05, 0) is 37.3 Å². The van der Waals surface area contributed by atoms with Gasteiger partial charge in [0.25, 0.3) is 7.52 Å². The third-order valence-electron chi connectivity index (χ3n) is 6.86. The van der Waals surface area contributed by atoms with Crippen molar-refractivity contribution in [1.82, 2.24) is 24.6 Å². The van der Waals surface area contributed by atoms with Gasteiger partial charge in [-0.3, -0.25) is 13.7 Å². The molecule has 0 aromatic carbocycles. The smallest absolute Gasteiger partial charge is 0.336 e. The van der Waals surface area contributed by atoms with Gasteiger partial charge in [0.15, 0.2) is 23.2 Å². The van der Waals surface area contributed by atoms with Crippen LogP contribution < -0.4 is 9.99 Å². The van der Waals surface area contributed by atoms with Crippen molar-refractivity contribution in [3.05, 3.63) is 11.6 Å². The predicted octanol–water partition coefficient (Wildman–Crippen LogP) is -0.499. The zero-order chi connectivity index (χ0) is 26.0. The lowest BCUT2D eigenvalue weighted by molar-refractivity contribution is -0.0331. The highest BCUT2D eigenvalue weighted by Crippen LogP contribution is 2.52. The standard InChI is InChI=1S/C18H27ClN6O9P2/c19-18-22-15-12(16(23-18)25-8-1-2-9(25)4-10(26)3-8)20-6-24(15)17-14(28)13(27)11(34-17)5-21-35(29,30)7-36(31,32)33/h6,8-11,13-14,17,26-28H,1-5,7H2,(H2,21,29,30)(H2,31,32,33). The molecule has 2 aromatic rings. The molecule has 0 aliphatic carbocycles. The molecule has 0 saturated carbocycles. The van der Waals surface area contributed by atoms with E-state index in [2.05, 4.69) is 24.9 Å². The van der Waals surface area contributed by atoms with Crippen LogP contribution in [0.25, 0.3) is 11.2 Å². The number of anilines is 1. The van der Waals surface area contributed by atoms with E-state index in [-0.39, 0.29) is 29.1 Å². The lowest BCUT2D eigenvalue weighted by Gasteiger charge is -2.38. The van der Waals surface area contributed by atoms with Crippen molar-refractivity contribution < 1.29 is 43.9 Å². The Bertz CT molecular complexity index is 1230. The maximum absolute atomic E-state index is 12.0. The average molecular weight is 569 g/mol. The molecule has 3 aliphatic heterocycles. The molecule has 7 unspecified atom stereocenters. The minimum Gasteiger partial charge on any atom is -0.393 e. The summed E-state index contributed by atoms with van der Waals surface area (Å²) in [6.07, 6.45) is -1.37. The summed E-state index contributed by atoms with van der Waals surface area (Å²) in [6.45, 7) is -0.463. The fraction of sp³-hybridized carbons (Fsp3) is 0.722. The molecule has 3 saturated heterocycles. The summed E-state index contributed by atoms with van der Waals surface area (Å²) < 4.78 is 30.2. The normalized spacial score (nSPS) is 34.4. The molecule has 0 spiro atoms. The van der Waals surface area contributed by atoms with Crippen molar-refractivity contribution in [2.45, 2.75) is 68.4 Å². The Kier molecular flexibility index (Phi) is 6.97. The second-order valence-corrected chi connectivity index (χ2v) is 14.0. The number of hydrogen-bond acceptors (Lipinski definition) is 10. The van der Waals surface area contributed by atoms with E-state index in [0.29, 0.717) is 24.2 Å². The number of aromatic nitrogens is 4. The summed E-state index contributed by atoms with van der Waals surface area (Å²) in [5, 5.41) is 33.3. The first kappa shape index (κ1) is 26.4. The fourth-order valence-electron chi connectivity index (χ4n) is 5.40. The van der Waals surface area contributed by atoms with Crippen molar-refractivity contribution in [3.8, 4) is 0 Å². The van der Waals surface area contributed by atoms with Gasteiger partial charge in [0.05, 0.1) is 12.4 Å². The Hall–Kier alpha value is -1.22. The molecule has 7 N–H and O–H groups in total. The maximum Gasteiger partial charge on any atom is 0.336 e. The molecule has 2 aromatic heterocycles. The van der Waals surface area contributed by atoms with Crippen LogP contribution >= 0.6 is 26.7 Å². The molecule has 200 valence electrons. The van der Waals surface area contributed by atoms with Crippen LogP contribution in [-0.4, -0.2) is 98.5 Å². The van der Waals surface area contributed by atoms with Crippen LogP contribution in [0.3, 0.4) is 0 Å². The predicted molar refractivity (Wildman–Crippen MR) is 126 cm³/mol. The van der Waals surface area contributed by atoms with E-state index in [9.17, 15) is 29.3 Å². The number of hydrogen-bond donors (Lipinski definition) is 7. The summed E-state index contributed by atoms with van der Waals surface area (Å²) in [7, 11) is -9.21. The number of aliphatic hydroxyl groups excluding tert-OH is 3. The number of fused-ring (bicyclic) bond motifs is 3. The minimum absolute atomic E-state index is 0.0605. The summed E-state index contributed by atoms with van der Waals surface area (Å²) in [5.74, 6) is -0.776.